The molecule has 114 valence electrons. The number of hydrogen-bond acceptors (Lipinski definition) is 3. The number of aromatic nitrogens is 2. The molecule has 0 amide bonds. The summed E-state index contributed by atoms with van der Waals surface area (Å²) in [5.74, 6) is 1.27. The minimum absolute atomic E-state index is 0.430. The minimum atomic E-state index is 0.430. The van der Waals surface area contributed by atoms with Crippen molar-refractivity contribution in [3.8, 4) is 17.0 Å². The monoisotopic (exact) mass is 295 g/mol. The first kappa shape index (κ1) is 14.6. The molecule has 0 bridgehead atoms. The molecule has 0 atom stereocenters. The lowest BCUT2D eigenvalue weighted by atomic mass is 10.1. The van der Waals surface area contributed by atoms with Crippen molar-refractivity contribution in [1.82, 2.24) is 9.38 Å². The van der Waals surface area contributed by atoms with Crippen molar-refractivity contribution in [3.05, 3.63) is 54.4 Å². The molecule has 4 heteroatoms. The Morgan fingerprint density at radius 1 is 1.14 bits per heavy atom. The molecule has 0 unspecified atom stereocenters. The van der Waals surface area contributed by atoms with Gasteiger partial charge in [-0.1, -0.05) is 44.2 Å². The van der Waals surface area contributed by atoms with Crippen molar-refractivity contribution < 1.29 is 4.74 Å². The third kappa shape index (κ3) is 2.70. The molecule has 3 rings (SSSR count). The molecular weight excluding hydrogens is 274 g/mol. The van der Waals surface area contributed by atoms with Gasteiger partial charge in [-0.2, -0.15) is 0 Å². The number of hydrogen-bond donors (Lipinski definition) is 1. The number of rotatable bonds is 5. The summed E-state index contributed by atoms with van der Waals surface area (Å²) in [5.41, 5.74) is 9.78. The highest BCUT2D eigenvalue weighted by Crippen LogP contribution is 2.28. The molecule has 0 aliphatic rings. The topological polar surface area (TPSA) is 52.5 Å². The summed E-state index contributed by atoms with van der Waals surface area (Å²) in [6, 6.07) is 14.0. The van der Waals surface area contributed by atoms with Crippen LogP contribution in [-0.2, 0) is 6.54 Å². The van der Waals surface area contributed by atoms with E-state index in [2.05, 4.69) is 26.0 Å². The molecule has 0 aliphatic carbocycles. The quantitative estimate of drug-likeness (QED) is 0.784. The fourth-order valence-corrected chi connectivity index (χ4v) is 2.48. The van der Waals surface area contributed by atoms with Crippen LogP contribution in [0.1, 0.15) is 19.5 Å². The van der Waals surface area contributed by atoms with E-state index in [0.717, 1.165) is 28.3 Å². The van der Waals surface area contributed by atoms with E-state index in [1.807, 2.05) is 40.9 Å². The molecule has 0 saturated heterocycles. The van der Waals surface area contributed by atoms with Crippen molar-refractivity contribution in [2.45, 2.75) is 20.4 Å². The van der Waals surface area contributed by atoms with Crippen LogP contribution in [0, 0.1) is 5.92 Å². The van der Waals surface area contributed by atoms with Gasteiger partial charge in [0.1, 0.15) is 0 Å². The maximum absolute atomic E-state index is 5.97. The van der Waals surface area contributed by atoms with E-state index in [9.17, 15) is 0 Å². The van der Waals surface area contributed by atoms with E-state index in [1.54, 1.807) is 0 Å². The summed E-state index contributed by atoms with van der Waals surface area (Å²) < 4.78 is 7.93. The van der Waals surface area contributed by atoms with Gasteiger partial charge in [-0.15, -0.1) is 0 Å². The van der Waals surface area contributed by atoms with Crippen LogP contribution in [0.2, 0.25) is 0 Å². The van der Waals surface area contributed by atoms with Crippen LogP contribution in [0.5, 0.6) is 5.75 Å². The van der Waals surface area contributed by atoms with E-state index in [4.69, 9.17) is 15.5 Å². The van der Waals surface area contributed by atoms with Crippen molar-refractivity contribution in [2.24, 2.45) is 11.7 Å². The third-order valence-electron chi connectivity index (χ3n) is 3.53. The van der Waals surface area contributed by atoms with E-state index >= 15 is 0 Å². The number of ether oxygens (including phenoxy) is 1. The zero-order chi connectivity index (χ0) is 15.5. The number of fused-ring (bicyclic) bond motifs is 1. The summed E-state index contributed by atoms with van der Waals surface area (Å²) in [4.78, 5) is 4.79. The van der Waals surface area contributed by atoms with Gasteiger partial charge in [0.2, 0.25) is 0 Å². The summed E-state index contributed by atoms with van der Waals surface area (Å²) >= 11 is 0. The average Bonchev–Trinajstić information content (AvgIpc) is 2.92. The van der Waals surface area contributed by atoms with Gasteiger partial charge in [-0.3, -0.25) is 4.40 Å². The summed E-state index contributed by atoms with van der Waals surface area (Å²) in [5, 5.41) is 0. The highest BCUT2D eigenvalue weighted by molar-refractivity contribution is 5.69. The Bertz CT molecular complexity index is 763. The lowest BCUT2D eigenvalue weighted by Crippen LogP contribution is -2.06. The van der Waals surface area contributed by atoms with Gasteiger partial charge in [-0.05, 0) is 18.1 Å². The van der Waals surface area contributed by atoms with E-state index in [0.29, 0.717) is 19.1 Å². The Morgan fingerprint density at radius 3 is 2.59 bits per heavy atom. The molecule has 4 nitrogen and oxygen atoms in total. The van der Waals surface area contributed by atoms with Crippen LogP contribution in [0.25, 0.3) is 16.9 Å². The molecule has 0 saturated carbocycles. The van der Waals surface area contributed by atoms with Gasteiger partial charge < -0.3 is 10.5 Å². The number of benzene rings is 1. The predicted molar refractivity (Wildman–Crippen MR) is 88.9 cm³/mol. The van der Waals surface area contributed by atoms with Gasteiger partial charge >= 0.3 is 0 Å². The number of nitrogens with zero attached hydrogens (tertiary/aromatic N) is 2. The standard InChI is InChI=1S/C18H21N3O/c1-13(2)12-22-16-9-6-10-21-15(11-19)17(20-18(16)21)14-7-4-3-5-8-14/h3-10,13H,11-12,19H2,1-2H3. The lowest BCUT2D eigenvalue weighted by Gasteiger charge is -2.09. The molecule has 3 aromatic rings. The van der Waals surface area contributed by atoms with Gasteiger partial charge in [0.15, 0.2) is 11.4 Å². The van der Waals surface area contributed by atoms with Gasteiger partial charge in [0, 0.05) is 18.3 Å². The molecular formula is C18H21N3O. The Labute approximate surface area is 130 Å². The minimum Gasteiger partial charge on any atom is -0.489 e. The Hall–Kier alpha value is -2.33. The van der Waals surface area contributed by atoms with Crippen LogP contribution in [-0.4, -0.2) is 16.0 Å². The molecule has 1 aromatic carbocycles. The summed E-state index contributed by atoms with van der Waals surface area (Å²) in [6.45, 7) is 5.36. The van der Waals surface area contributed by atoms with Crippen LogP contribution in [0.4, 0.5) is 0 Å². The smallest absolute Gasteiger partial charge is 0.180 e. The van der Waals surface area contributed by atoms with Gasteiger partial charge in [0.25, 0.3) is 0 Å². The highest BCUT2D eigenvalue weighted by Gasteiger charge is 2.15. The Morgan fingerprint density at radius 2 is 1.91 bits per heavy atom. The Kier molecular flexibility index (Phi) is 4.11. The highest BCUT2D eigenvalue weighted by atomic mass is 16.5. The molecule has 2 N–H and O–H groups in total. The molecule has 22 heavy (non-hydrogen) atoms. The van der Waals surface area contributed by atoms with Crippen molar-refractivity contribution in [1.29, 1.82) is 0 Å². The maximum atomic E-state index is 5.97. The SMILES string of the molecule is CC(C)COc1cccn2c(CN)c(-c3ccccc3)nc12. The fourth-order valence-electron chi connectivity index (χ4n) is 2.48. The molecule has 2 heterocycles. The number of pyridine rings is 1. The zero-order valence-electron chi connectivity index (χ0n) is 13.0. The van der Waals surface area contributed by atoms with Crippen LogP contribution < -0.4 is 10.5 Å². The second-order valence-corrected chi connectivity index (χ2v) is 5.75. The molecule has 0 aliphatic heterocycles. The summed E-state index contributed by atoms with van der Waals surface area (Å²) in [6.07, 6.45) is 1.99. The molecule has 0 radical (unpaired) electrons. The van der Waals surface area contributed by atoms with E-state index in [-0.39, 0.29) is 0 Å². The normalized spacial score (nSPS) is 11.3. The first-order chi connectivity index (χ1) is 10.7. The molecule has 0 fully saturated rings. The largest absolute Gasteiger partial charge is 0.489 e. The zero-order valence-corrected chi connectivity index (χ0v) is 13.0. The van der Waals surface area contributed by atoms with Crippen molar-refractivity contribution in [3.63, 3.8) is 0 Å². The van der Waals surface area contributed by atoms with Crippen LogP contribution >= 0.6 is 0 Å². The van der Waals surface area contributed by atoms with E-state index < -0.39 is 0 Å². The maximum Gasteiger partial charge on any atom is 0.180 e. The third-order valence-corrected chi connectivity index (χ3v) is 3.53. The second-order valence-electron chi connectivity index (χ2n) is 5.75. The molecule has 2 aromatic heterocycles. The van der Waals surface area contributed by atoms with Crippen molar-refractivity contribution in [2.75, 3.05) is 6.61 Å². The first-order valence-corrected chi connectivity index (χ1v) is 7.59. The van der Waals surface area contributed by atoms with E-state index in [1.165, 1.54) is 0 Å². The van der Waals surface area contributed by atoms with Crippen LogP contribution in [0.15, 0.2) is 48.7 Å². The summed E-state index contributed by atoms with van der Waals surface area (Å²) in [7, 11) is 0. The number of imidazole rings is 1. The first-order valence-electron chi connectivity index (χ1n) is 7.59. The predicted octanol–water partition coefficient (Wildman–Crippen LogP) is 3.49. The lowest BCUT2D eigenvalue weighted by molar-refractivity contribution is 0.272. The van der Waals surface area contributed by atoms with Crippen molar-refractivity contribution >= 4 is 5.65 Å². The fraction of sp³-hybridized carbons (Fsp3) is 0.278. The molecule has 0 spiro atoms. The second kappa shape index (κ2) is 6.20. The average molecular weight is 295 g/mol. The van der Waals surface area contributed by atoms with Gasteiger partial charge in [-0.25, -0.2) is 4.98 Å². The van der Waals surface area contributed by atoms with Crippen LogP contribution in [0.3, 0.4) is 0 Å². The number of nitrogens with two attached hydrogens (primary N) is 1. The Balaban J connectivity index is 2.13. The van der Waals surface area contributed by atoms with Gasteiger partial charge in [0.05, 0.1) is 18.0 Å².